The van der Waals surface area contributed by atoms with Crippen LogP contribution in [-0.4, -0.2) is 47.1 Å². The molecule has 150 valence electrons. The number of aromatic nitrogens is 1. The summed E-state index contributed by atoms with van der Waals surface area (Å²) in [4.78, 5) is 22.0. The van der Waals surface area contributed by atoms with Crippen LogP contribution < -0.4 is 4.90 Å². The first kappa shape index (κ1) is 20.3. The summed E-state index contributed by atoms with van der Waals surface area (Å²) in [6.45, 7) is 8.77. The largest absolute Gasteiger partial charge is 0.384 e. The Labute approximate surface area is 168 Å². The fourth-order valence-electron chi connectivity index (χ4n) is 3.67. The first-order valence-corrected chi connectivity index (χ1v) is 10.2. The zero-order valence-electron chi connectivity index (χ0n) is 17.2. The van der Waals surface area contributed by atoms with E-state index in [1.165, 1.54) is 12.8 Å². The highest BCUT2D eigenvalue weighted by atomic mass is 16.3. The van der Waals surface area contributed by atoms with E-state index in [-0.39, 0.29) is 5.91 Å². The lowest BCUT2D eigenvalue weighted by molar-refractivity contribution is 0.0728. The number of amides is 1. The Morgan fingerprint density at radius 3 is 2.54 bits per heavy atom. The molecule has 1 amide bonds. The molecule has 2 heterocycles. The molecular formula is C23H31N3O2. The van der Waals surface area contributed by atoms with Gasteiger partial charge < -0.3 is 14.9 Å². The van der Waals surface area contributed by atoms with Gasteiger partial charge in [0, 0.05) is 44.0 Å². The van der Waals surface area contributed by atoms with Crippen LogP contribution in [0.25, 0.3) is 0 Å². The molecule has 1 saturated heterocycles. The molecule has 1 aromatic carbocycles. The van der Waals surface area contributed by atoms with Crippen molar-refractivity contribution in [2.75, 3.05) is 31.1 Å². The third kappa shape index (κ3) is 4.71. The molecule has 2 aromatic rings. The average Bonchev–Trinajstić information content (AvgIpc) is 3.22. The van der Waals surface area contributed by atoms with Crippen molar-refractivity contribution < 1.29 is 9.90 Å². The summed E-state index contributed by atoms with van der Waals surface area (Å²) < 4.78 is 0. The van der Waals surface area contributed by atoms with E-state index in [0.29, 0.717) is 25.2 Å². The number of hydrogen-bond acceptors (Lipinski definition) is 4. The number of carbonyl (C=O) groups is 1. The van der Waals surface area contributed by atoms with E-state index in [1.807, 2.05) is 48.2 Å². The van der Waals surface area contributed by atoms with Gasteiger partial charge in [-0.2, -0.15) is 0 Å². The van der Waals surface area contributed by atoms with E-state index in [4.69, 9.17) is 0 Å². The molecule has 0 bridgehead atoms. The minimum absolute atomic E-state index is 0.0728. The van der Waals surface area contributed by atoms with Crippen molar-refractivity contribution in [1.29, 1.82) is 0 Å². The van der Waals surface area contributed by atoms with Gasteiger partial charge in [-0.25, -0.2) is 0 Å². The number of nitrogens with zero attached hydrogens (tertiary/aromatic N) is 3. The lowest BCUT2D eigenvalue weighted by Crippen LogP contribution is -2.34. The predicted octanol–water partition coefficient (Wildman–Crippen LogP) is 3.61. The van der Waals surface area contributed by atoms with Crippen molar-refractivity contribution in [2.24, 2.45) is 0 Å². The molecule has 5 nitrogen and oxygen atoms in total. The van der Waals surface area contributed by atoms with Crippen LogP contribution in [0.5, 0.6) is 0 Å². The van der Waals surface area contributed by atoms with Gasteiger partial charge in [0.15, 0.2) is 0 Å². The maximum Gasteiger partial charge on any atom is 0.255 e. The third-order valence-electron chi connectivity index (χ3n) is 5.32. The number of pyridine rings is 1. The van der Waals surface area contributed by atoms with Crippen molar-refractivity contribution >= 4 is 11.6 Å². The van der Waals surface area contributed by atoms with Gasteiger partial charge in [-0.3, -0.25) is 9.78 Å². The molecule has 1 fully saturated rings. The van der Waals surface area contributed by atoms with E-state index in [9.17, 15) is 9.90 Å². The van der Waals surface area contributed by atoms with Crippen LogP contribution in [-0.2, 0) is 12.0 Å². The summed E-state index contributed by atoms with van der Waals surface area (Å²) in [7, 11) is 0. The van der Waals surface area contributed by atoms with E-state index >= 15 is 0 Å². The summed E-state index contributed by atoms with van der Waals surface area (Å²) in [5.41, 5.74) is 2.40. The molecule has 5 heteroatoms. The van der Waals surface area contributed by atoms with E-state index < -0.39 is 5.60 Å². The Hall–Kier alpha value is -2.40. The summed E-state index contributed by atoms with van der Waals surface area (Å²) in [5.74, 6) is 0.0728. The summed E-state index contributed by atoms with van der Waals surface area (Å²) in [6.07, 6.45) is 3.03. The van der Waals surface area contributed by atoms with Gasteiger partial charge in [-0.1, -0.05) is 18.2 Å². The molecule has 3 rings (SSSR count). The highest BCUT2D eigenvalue weighted by Gasteiger charge is 2.23. The maximum atomic E-state index is 13.2. The highest BCUT2D eigenvalue weighted by molar-refractivity contribution is 5.99. The van der Waals surface area contributed by atoms with Crippen LogP contribution >= 0.6 is 0 Å². The Morgan fingerprint density at radius 2 is 1.86 bits per heavy atom. The monoisotopic (exact) mass is 381 g/mol. The highest BCUT2D eigenvalue weighted by Crippen LogP contribution is 2.26. The Bertz CT molecular complexity index is 807. The Kier molecular flexibility index (Phi) is 6.35. The van der Waals surface area contributed by atoms with E-state index in [2.05, 4.69) is 16.0 Å². The zero-order chi connectivity index (χ0) is 20.1. The first-order chi connectivity index (χ1) is 13.4. The van der Waals surface area contributed by atoms with Crippen LogP contribution in [0.15, 0.2) is 42.5 Å². The van der Waals surface area contributed by atoms with Gasteiger partial charge >= 0.3 is 0 Å². The van der Waals surface area contributed by atoms with Gasteiger partial charge in [-0.05, 0) is 57.9 Å². The van der Waals surface area contributed by atoms with Crippen LogP contribution in [0.3, 0.4) is 0 Å². The second kappa shape index (κ2) is 8.74. The Balaban J connectivity index is 1.73. The second-order valence-electron chi connectivity index (χ2n) is 7.92. The predicted molar refractivity (Wildman–Crippen MR) is 113 cm³/mol. The maximum absolute atomic E-state index is 13.2. The normalized spacial score (nSPS) is 14.4. The topological polar surface area (TPSA) is 56.7 Å². The lowest BCUT2D eigenvalue weighted by Gasteiger charge is -2.26. The van der Waals surface area contributed by atoms with Gasteiger partial charge in [0.2, 0.25) is 0 Å². The third-order valence-corrected chi connectivity index (χ3v) is 5.32. The molecular weight excluding hydrogens is 350 g/mol. The molecule has 1 N–H and O–H groups in total. The first-order valence-electron chi connectivity index (χ1n) is 10.2. The Morgan fingerprint density at radius 1 is 1.14 bits per heavy atom. The van der Waals surface area contributed by atoms with Crippen LogP contribution in [0.2, 0.25) is 0 Å². The van der Waals surface area contributed by atoms with Gasteiger partial charge in [-0.15, -0.1) is 0 Å². The number of benzene rings is 1. The summed E-state index contributed by atoms with van der Waals surface area (Å²) >= 11 is 0. The molecule has 0 spiro atoms. The van der Waals surface area contributed by atoms with Crippen molar-refractivity contribution in [1.82, 2.24) is 9.88 Å². The van der Waals surface area contributed by atoms with Crippen molar-refractivity contribution in [3.8, 4) is 0 Å². The number of carbonyl (C=O) groups excluding carboxylic acids is 1. The fraction of sp³-hybridized carbons (Fsp3) is 0.478. The molecule has 0 atom stereocenters. The van der Waals surface area contributed by atoms with Crippen LogP contribution in [0.1, 0.15) is 55.4 Å². The SMILES string of the molecule is CCN(CCc1cccc(C(C)(C)O)n1)C(=O)c1ccccc1N1CCCC1. The fourth-order valence-corrected chi connectivity index (χ4v) is 3.67. The lowest BCUT2D eigenvalue weighted by atomic mass is 10.0. The zero-order valence-corrected chi connectivity index (χ0v) is 17.2. The van der Waals surface area contributed by atoms with Crippen LogP contribution in [0.4, 0.5) is 5.69 Å². The number of hydrogen-bond donors (Lipinski definition) is 1. The molecule has 1 aliphatic heterocycles. The summed E-state index contributed by atoms with van der Waals surface area (Å²) in [6, 6.07) is 13.6. The van der Waals surface area contributed by atoms with Crippen molar-refractivity contribution in [3.63, 3.8) is 0 Å². The summed E-state index contributed by atoms with van der Waals surface area (Å²) in [5, 5.41) is 10.2. The number of likely N-dealkylation sites (N-methyl/N-ethyl adjacent to an activating group) is 1. The van der Waals surface area contributed by atoms with Gasteiger partial charge in [0.25, 0.3) is 5.91 Å². The van der Waals surface area contributed by atoms with Crippen molar-refractivity contribution in [3.05, 3.63) is 59.4 Å². The standard InChI is InChI=1S/C23H31N3O2/c1-4-25(17-14-18-10-9-13-21(24-18)23(2,3)28)22(27)19-11-5-6-12-20(19)26-15-7-8-16-26/h5-6,9-13,28H,4,7-8,14-17H2,1-3H3. The van der Waals surface area contributed by atoms with Gasteiger partial charge in [0.05, 0.1) is 11.3 Å². The minimum Gasteiger partial charge on any atom is -0.384 e. The average molecular weight is 382 g/mol. The second-order valence-corrected chi connectivity index (χ2v) is 7.92. The number of rotatable bonds is 7. The molecule has 0 saturated carbocycles. The molecule has 1 aliphatic rings. The molecule has 28 heavy (non-hydrogen) atoms. The van der Waals surface area contributed by atoms with E-state index in [1.54, 1.807) is 13.8 Å². The molecule has 0 unspecified atom stereocenters. The molecule has 1 aromatic heterocycles. The molecule has 0 aliphatic carbocycles. The quantitative estimate of drug-likeness (QED) is 0.796. The van der Waals surface area contributed by atoms with E-state index in [0.717, 1.165) is 30.0 Å². The van der Waals surface area contributed by atoms with Crippen molar-refractivity contribution in [2.45, 2.75) is 45.6 Å². The van der Waals surface area contributed by atoms with Crippen LogP contribution in [0, 0.1) is 0 Å². The number of anilines is 1. The number of para-hydroxylation sites is 1. The number of aliphatic hydroxyl groups is 1. The smallest absolute Gasteiger partial charge is 0.255 e. The van der Waals surface area contributed by atoms with Gasteiger partial charge in [0.1, 0.15) is 5.60 Å². The minimum atomic E-state index is -0.967. The molecule has 0 radical (unpaired) electrons.